The lowest BCUT2D eigenvalue weighted by Gasteiger charge is -1.99. The number of nitrogens with zero attached hydrogens (tertiary/aromatic N) is 3. The second kappa shape index (κ2) is 5.41. The van der Waals surface area contributed by atoms with Crippen LogP contribution in [0.2, 0.25) is 5.15 Å². The van der Waals surface area contributed by atoms with Gasteiger partial charge in [-0.15, -0.1) is 0 Å². The van der Waals surface area contributed by atoms with E-state index in [9.17, 15) is 0 Å². The molecule has 1 aromatic heterocycles. The first kappa shape index (κ1) is 11.5. The zero-order valence-corrected chi connectivity index (χ0v) is 9.93. The van der Waals surface area contributed by atoms with E-state index in [1.165, 1.54) is 13.2 Å². The molecule has 0 fully saturated rings. The van der Waals surface area contributed by atoms with Gasteiger partial charge in [0.15, 0.2) is 0 Å². The maximum atomic E-state index is 5.81. The molecule has 86 valence electrons. The second-order valence-corrected chi connectivity index (χ2v) is 3.59. The van der Waals surface area contributed by atoms with Gasteiger partial charge in [0.25, 0.3) is 5.95 Å². The maximum Gasteiger partial charge on any atom is 0.254 e. The zero-order valence-electron chi connectivity index (χ0n) is 9.17. The molecule has 0 aliphatic heterocycles. The van der Waals surface area contributed by atoms with Crippen molar-refractivity contribution in [3.8, 4) is 5.88 Å². The maximum absolute atomic E-state index is 5.81. The first-order valence-electron chi connectivity index (χ1n) is 4.95. The van der Waals surface area contributed by atoms with Crippen LogP contribution < -0.4 is 4.74 Å². The molecular weight excluding hydrogens is 238 g/mol. The lowest BCUT2D eigenvalue weighted by molar-refractivity contribution is 0.397. The van der Waals surface area contributed by atoms with E-state index in [2.05, 4.69) is 15.0 Å². The summed E-state index contributed by atoms with van der Waals surface area (Å²) in [6.45, 7) is 0. The van der Waals surface area contributed by atoms with E-state index in [4.69, 9.17) is 16.3 Å². The molecule has 1 heterocycles. The fourth-order valence-corrected chi connectivity index (χ4v) is 1.39. The number of rotatable bonds is 3. The van der Waals surface area contributed by atoms with Gasteiger partial charge in [0.05, 0.1) is 7.11 Å². The first-order chi connectivity index (χ1) is 8.28. The van der Waals surface area contributed by atoms with Gasteiger partial charge < -0.3 is 4.74 Å². The lowest BCUT2D eigenvalue weighted by Crippen LogP contribution is -1.90. The van der Waals surface area contributed by atoms with Gasteiger partial charge in [-0.05, 0) is 5.56 Å². The third kappa shape index (κ3) is 3.26. The summed E-state index contributed by atoms with van der Waals surface area (Å²) in [5, 5.41) is 0.303. The summed E-state index contributed by atoms with van der Waals surface area (Å²) in [4.78, 5) is 12.2. The molecule has 0 spiro atoms. The molecule has 0 saturated carbocycles. The Balaban J connectivity index is 2.24. The average Bonchev–Trinajstić information content (AvgIpc) is 2.37. The molecule has 0 saturated heterocycles. The summed E-state index contributed by atoms with van der Waals surface area (Å²) >= 11 is 5.81. The van der Waals surface area contributed by atoms with Crippen molar-refractivity contribution in [2.45, 2.75) is 0 Å². The van der Waals surface area contributed by atoms with E-state index in [1.54, 1.807) is 6.21 Å². The normalized spacial score (nSPS) is 10.7. The number of halogens is 1. The molecular formula is C12H10ClN3O. The third-order valence-corrected chi connectivity index (χ3v) is 2.19. The number of hydrogen-bond donors (Lipinski definition) is 0. The van der Waals surface area contributed by atoms with E-state index in [-0.39, 0.29) is 5.95 Å². The van der Waals surface area contributed by atoms with Crippen LogP contribution in [0, 0.1) is 0 Å². The van der Waals surface area contributed by atoms with Crippen LogP contribution in [0.15, 0.2) is 41.4 Å². The minimum atomic E-state index is 0.276. The molecule has 0 unspecified atom stereocenters. The predicted octanol–water partition coefficient (Wildman–Crippen LogP) is 2.89. The monoisotopic (exact) mass is 247 g/mol. The predicted molar refractivity (Wildman–Crippen MR) is 67.3 cm³/mol. The highest BCUT2D eigenvalue weighted by molar-refractivity contribution is 6.29. The molecule has 0 bridgehead atoms. The Morgan fingerprint density at radius 2 is 2.00 bits per heavy atom. The van der Waals surface area contributed by atoms with Crippen molar-refractivity contribution < 1.29 is 4.74 Å². The molecule has 1 aromatic carbocycles. The summed E-state index contributed by atoms with van der Waals surface area (Å²) in [5.41, 5.74) is 0.968. The van der Waals surface area contributed by atoms with Crippen LogP contribution in [0.4, 0.5) is 5.95 Å². The van der Waals surface area contributed by atoms with Gasteiger partial charge in [0, 0.05) is 12.3 Å². The fraction of sp³-hybridized carbons (Fsp3) is 0.0833. The minimum absolute atomic E-state index is 0.276. The Labute approximate surface area is 104 Å². The van der Waals surface area contributed by atoms with Crippen LogP contribution in [-0.4, -0.2) is 23.3 Å². The van der Waals surface area contributed by atoms with Crippen molar-refractivity contribution in [2.75, 3.05) is 7.11 Å². The van der Waals surface area contributed by atoms with Crippen molar-refractivity contribution in [3.05, 3.63) is 47.1 Å². The molecule has 0 radical (unpaired) electrons. The molecule has 0 atom stereocenters. The summed E-state index contributed by atoms with van der Waals surface area (Å²) < 4.78 is 4.98. The molecule has 0 amide bonds. The molecule has 2 rings (SSSR count). The van der Waals surface area contributed by atoms with Crippen molar-refractivity contribution in [3.63, 3.8) is 0 Å². The molecule has 17 heavy (non-hydrogen) atoms. The van der Waals surface area contributed by atoms with Gasteiger partial charge in [-0.25, -0.2) is 4.99 Å². The molecule has 2 aromatic rings. The van der Waals surface area contributed by atoms with Crippen LogP contribution in [0.3, 0.4) is 0 Å². The smallest absolute Gasteiger partial charge is 0.254 e. The second-order valence-electron chi connectivity index (χ2n) is 3.20. The highest BCUT2D eigenvalue weighted by Crippen LogP contribution is 2.17. The SMILES string of the molecule is COc1cc(Cl)nc(/N=C/c2ccccc2)n1. The Bertz CT molecular complexity index is 529. The van der Waals surface area contributed by atoms with Crippen molar-refractivity contribution in [1.82, 2.24) is 9.97 Å². The topological polar surface area (TPSA) is 47.4 Å². The van der Waals surface area contributed by atoms with Gasteiger partial charge >= 0.3 is 0 Å². The standard InChI is InChI=1S/C12H10ClN3O/c1-17-11-7-10(13)15-12(16-11)14-8-9-5-3-2-4-6-9/h2-8H,1H3/b14-8+. The Kier molecular flexibility index (Phi) is 3.67. The highest BCUT2D eigenvalue weighted by Gasteiger charge is 2.01. The zero-order chi connectivity index (χ0) is 12.1. The minimum Gasteiger partial charge on any atom is -0.481 e. The highest BCUT2D eigenvalue weighted by atomic mass is 35.5. The molecule has 0 aliphatic rings. The van der Waals surface area contributed by atoms with Gasteiger partial charge in [0.1, 0.15) is 5.15 Å². The molecule has 4 nitrogen and oxygen atoms in total. The van der Waals surface area contributed by atoms with Gasteiger partial charge in [0.2, 0.25) is 5.88 Å². The Morgan fingerprint density at radius 1 is 1.24 bits per heavy atom. The fourth-order valence-electron chi connectivity index (χ4n) is 1.22. The average molecular weight is 248 g/mol. The van der Waals surface area contributed by atoms with Crippen molar-refractivity contribution in [2.24, 2.45) is 4.99 Å². The number of aliphatic imine (C=N–C) groups is 1. The number of hydrogen-bond acceptors (Lipinski definition) is 4. The van der Waals surface area contributed by atoms with Crippen LogP contribution in [-0.2, 0) is 0 Å². The summed E-state index contributed by atoms with van der Waals surface area (Å²) in [6.07, 6.45) is 1.67. The van der Waals surface area contributed by atoms with Crippen LogP contribution in [0.1, 0.15) is 5.56 Å². The first-order valence-corrected chi connectivity index (χ1v) is 5.33. The summed E-state index contributed by atoms with van der Waals surface area (Å²) in [5.74, 6) is 0.670. The molecule has 0 N–H and O–H groups in total. The van der Waals surface area contributed by atoms with E-state index < -0.39 is 0 Å². The quantitative estimate of drug-likeness (QED) is 0.619. The van der Waals surface area contributed by atoms with Gasteiger partial charge in [-0.3, -0.25) is 0 Å². The van der Waals surface area contributed by atoms with Crippen LogP contribution in [0.25, 0.3) is 0 Å². The lowest BCUT2D eigenvalue weighted by atomic mass is 10.2. The number of aromatic nitrogens is 2. The number of benzene rings is 1. The van der Waals surface area contributed by atoms with Gasteiger partial charge in [-0.1, -0.05) is 41.9 Å². The summed E-state index contributed by atoms with van der Waals surface area (Å²) in [7, 11) is 1.52. The van der Waals surface area contributed by atoms with Crippen LogP contribution in [0.5, 0.6) is 5.88 Å². The molecule has 0 aliphatic carbocycles. The van der Waals surface area contributed by atoms with E-state index >= 15 is 0 Å². The molecule has 5 heteroatoms. The van der Waals surface area contributed by atoms with E-state index in [0.29, 0.717) is 11.0 Å². The largest absolute Gasteiger partial charge is 0.481 e. The van der Waals surface area contributed by atoms with Crippen molar-refractivity contribution in [1.29, 1.82) is 0 Å². The third-order valence-electron chi connectivity index (χ3n) is 2.00. The van der Waals surface area contributed by atoms with E-state index in [0.717, 1.165) is 5.56 Å². The van der Waals surface area contributed by atoms with Crippen molar-refractivity contribution >= 4 is 23.8 Å². The number of ether oxygens (including phenoxy) is 1. The van der Waals surface area contributed by atoms with Crippen LogP contribution >= 0.6 is 11.6 Å². The summed E-state index contributed by atoms with van der Waals surface area (Å²) in [6, 6.07) is 11.2. The Morgan fingerprint density at radius 3 is 2.71 bits per heavy atom. The van der Waals surface area contributed by atoms with Gasteiger partial charge in [-0.2, -0.15) is 9.97 Å². The van der Waals surface area contributed by atoms with E-state index in [1.807, 2.05) is 30.3 Å². The number of methoxy groups -OCH3 is 1. The Hall–Kier alpha value is -1.94.